The van der Waals surface area contributed by atoms with E-state index in [1.807, 2.05) is 42.8 Å². The summed E-state index contributed by atoms with van der Waals surface area (Å²) in [6.45, 7) is 1.47. The molecule has 0 radical (unpaired) electrons. The first kappa shape index (κ1) is 16.4. The summed E-state index contributed by atoms with van der Waals surface area (Å²) in [5.41, 5.74) is 4.65. The molecule has 0 bridgehead atoms. The normalized spacial score (nSPS) is 10.9. The van der Waals surface area contributed by atoms with Crippen LogP contribution in [0.3, 0.4) is 0 Å². The van der Waals surface area contributed by atoms with E-state index in [1.54, 1.807) is 6.07 Å². The van der Waals surface area contributed by atoms with E-state index >= 15 is 0 Å². The molecule has 0 unspecified atom stereocenters. The average molecular weight is 338 g/mol. The van der Waals surface area contributed by atoms with Crippen molar-refractivity contribution in [3.05, 3.63) is 87.3 Å². The Labute approximate surface area is 145 Å². The molecular formula is C19H18N2O2S. The molecule has 0 amide bonds. The minimum atomic E-state index is -0.334. The maximum absolute atomic E-state index is 10.8. The predicted octanol–water partition coefficient (Wildman–Crippen LogP) is 4.96. The lowest BCUT2D eigenvalue weighted by Gasteiger charge is -2.18. The molecule has 0 N–H and O–H groups in total. The molecule has 2 aromatic carbocycles. The third-order valence-corrected chi connectivity index (χ3v) is 4.74. The van der Waals surface area contributed by atoms with E-state index in [9.17, 15) is 10.1 Å². The zero-order chi connectivity index (χ0) is 16.9. The van der Waals surface area contributed by atoms with Gasteiger partial charge in [-0.15, -0.1) is 0 Å². The van der Waals surface area contributed by atoms with Gasteiger partial charge in [-0.05, 0) is 29.3 Å². The van der Waals surface area contributed by atoms with Crippen LogP contribution < -0.4 is 0 Å². The molecule has 122 valence electrons. The lowest BCUT2D eigenvalue weighted by molar-refractivity contribution is -0.380. The van der Waals surface area contributed by atoms with Gasteiger partial charge in [0.25, 0.3) is 0 Å². The summed E-state index contributed by atoms with van der Waals surface area (Å²) < 4.78 is 0. The van der Waals surface area contributed by atoms with Crippen LogP contribution in [0.4, 0.5) is 5.00 Å². The summed E-state index contributed by atoms with van der Waals surface area (Å²) in [5.74, 6) is 0. The van der Waals surface area contributed by atoms with Gasteiger partial charge in [0.2, 0.25) is 0 Å². The Bertz CT molecular complexity index is 830. The van der Waals surface area contributed by atoms with Crippen molar-refractivity contribution >= 4 is 16.3 Å². The van der Waals surface area contributed by atoms with Gasteiger partial charge in [0.15, 0.2) is 0 Å². The fourth-order valence-electron chi connectivity index (χ4n) is 2.76. The predicted molar refractivity (Wildman–Crippen MR) is 98.0 cm³/mol. The Morgan fingerprint density at radius 1 is 1.04 bits per heavy atom. The summed E-state index contributed by atoms with van der Waals surface area (Å²) >= 11 is 1.18. The van der Waals surface area contributed by atoms with Crippen LogP contribution in [0.25, 0.3) is 11.1 Å². The minimum absolute atomic E-state index is 0.197. The second kappa shape index (κ2) is 7.38. The first-order chi connectivity index (χ1) is 11.6. The Morgan fingerprint density at radius 2 is 1.75 bits per heavy atom. The lowest BCUT2D eigenvalue weighted by atomic mass is 9.99. The SMILES string of the molecule is CN(Cc1csc([N+](=O)[O-])c1)Cc1ccccc1-c1ccccc1. The molecule has 1 heterocycles. The fourth-order valence-corrected chi connectivity index (χ4v) is 3.48. The van der Waals surface area contributed by atoms with E-state index in [-0.39, 0.29) is 9.92 Å². The van der Waals surface area contributed by atoms with Crippen LogP contribution >= 0.6 is 11.3 Å². The molecule has 3 rings (SSSR count). The van der Waals surface area contributed by atoms with Crippen molar-refractivity contribution in [2.45, 2.75) is 13.1 Å². The minimum Gasteiger partial charge on any atom is -0.298 e. The van der Waals surface area contributed by atoms with Crippen LogP contribution in [0.5, 0.6) is 0 Å². The Balaban J connectivity index is 1.75. The molecule has 0 aliphatic heterocycles. The molecule has 0 aliphatic rings. The smallest absolute Gasteiger partial charge is 0.298 e. The van der Waals surface area contributed by atoms with Crippen molar-refractivity contribution in [3.8, 4) is 11.1 Å². The Hall–Kier alpha value is -2.50. The van der Waals surface area contributed by atoms with Crippen molar-refractivity contribution in [3.63, 3.8) is 0 Å². The van der Waals surface area contributed by atoms with Gasteiger partial charge in [-0.3, -0.25) is 15.0 Å². The highest BCUT2D eigenvalue weighted by Crippen LogP contribution is 2.26. The van der Waals surface area contributed by atoms with Crippen molar-refractivity contribution < 1.29 is 4.92 Å². The van der Waals surface area contributed by atoms with Gasteiger partial charge in [-0.2, -0.15) is 0 Å². The van der Waals surface area contributed by atoms with E-state index < -0.39 is 0 Å². The van der Waals surface area contributed by atoms with Gasteiger partial charge >= 0.3 is 5.00 Å². The molecule has 0 spiro atoms. The van der Waals surface area contributed by atoms with Crippen molar-refractivity contribution in [2.75, 3.05) is 7.05 Å². The van der Waals surface area contributed by atoms with Gasteiger partial charge in [0, 0.05) is 24.5 Å². The number of hydrogen-bond acceptors (Lipinski definition) is 4. The summed E-state index contributed by atoms with van der Waals surface area (Å²) in [5, 5.41) is 12.9. The monoisotopic (exact) mass is 338 g/mol. The average Bonchev–Trinajstić information content (AvgIpc) is 3.05. The zero-order valence-electron chi connectivity index (χ0n) is 13.4. The molecule has 24 heavy (non-hydrogen) atoms. The van der Waals surface area contributed by atoms with E-state index in [0.29, 0.717) is 6.54 Å². The maximum Gasteiger partial charge on any atom is 0.324 e. The summed E-state index contributed by atoms with van der Waals surface area (Å²) in [6, 6.07) is 20.3. The van der Waals surface area contributed by atoms with Crippen LogP contribution in [0.1, 0.15) is 11.1 Å². The molecule has 0 fully saturated rings. The van der Waals surface area contributed by atoms with E-state index in [4.69, 9.17) is 0 Å². The third-order valence-electron chi connectivity index (χ3n) is 3.81. The summed E-state index contributed by atoms with van der Waals surface area (Å²) in [7, 11) is 2.03. The quantitative estimate of drug-likeness (QED) is 0.471. The largest absolute Gasteiger partial charge is 0.324 e. The van der Waals surface area contributed by atoms with E-state index in [2.05, 4.69) is 29.2 Å². The topological polar surface area (TPSA) is 46.4 Å². The number of nitro groups is 1. The van der Waals surface area contributed by atoms with Crippen molar-refractivity contribution in [2.24, 2.45) is 0 Å². The second-order valence-corrected chi connectivity index (χ2v) is 6.64. The number of nitrogens with zero attached hydrogens (tertiary/aromatic N) is 2. The first-order valence-electron chi connectivity index (χ1n) is 7.67. The molecule has 0 atom stereocenters. The molecule has 1 aromatic heterocycles. The van der Waals surface area contributed by atoms with Crippen LogP contribution in [-0.2, 0) is 13.1 Å². The first-order valence-corrected chi connectivity index (χ1v) is 8.55. The van der Waals surface area contributed by atoms with Gasteiger partial charge in [0.1, 0.15) is 0 Å². The van der Waals surface area contributed by atoms with E-state index in [0.717, 1.165) is 12.1 Å². The number of hydrogen-bond donors (Lipinski definition) is 0. The Morgan fingerprint density at radius 3 is 2.46 bits per heavy atom. The number of rotatable bonds is 6. The number of thiophene rings is 1. The molecule has 0 aliphatic carbocycles. The van der Waals surface area contributed by atoms with Crippen LogP contribution in [-0.4, -0.2) is 16.9 Å². The number of benzene rings is 2. The Kier molecular flexibility index (Phi) is 5.03. The highest BCUT2D eigenvalue weighted by Gasteiger charge is 2.12. The molecule has 3 aromatic rings. The summed E-state index contributed by atoms with van der Waals surface area (Å²) in [4.78, 5) is 12.6. The van der Waals surface area contributed by atoms with Gasteiger partial charge in [0.05, 0.1) is 4.92 Å². The lowest BCUT2D eigenvalue weighted by Crippen LogP contribution is -2.17. The zero-order valence-corrected chi connectivity index (χ0v) is 14.2. The third kappa shape index (κ3) is 3.88. The molecule has 0 saturated carbocycles. The van der Waals surface area contributed by atoms with Crippen LogP contribution in [0.2, 0.25) is 0 Å². The standard InChI is InChI=1S/C19H18N2O2S/c1-20(12-15-11-19(21(22)23)24-14-15)13-17-9-5-6-10-18(17)16-7-3-2-4-8-16/h2-11,14H,12-13H2,1H3. The highest BCUT2D eigenvalue weighted by atomic mass is 32.1. The summed E-state index contributed by atoms with van der Waals surface area (Å²) in [6.07, 6.45) is 0. The van der Waals surface area contributed by atoms with Gasteiger partial charge in [-0.25, -0.2) is 0 Å². The maximum atomic E-state index is 10.8. The molecule has 4 nitrogen and oxygen atoms in total. The van der Waals surface area contributed by atoms with Crippen LogP contribution in [0, 0.1) is 10.1 Å². The van der Waals surface area contributed by atoms with Crippen molar-refractivity contribution in [1.29, 1.82) is 0 Å². The van der Waals surface area contributed by atoms with E-state index in [1.165, 1.54) is 28.0 Å². The van der Waals surface area contributed by atoms with Gasteiger partial charge < -0.3 is 0 Å². The second-order valence-electron chi connectivity index (χ2n) is 5.75. The molecule has 0 saturated heterocycles. The fraction of sp³-hybridized carbons (Fsp3) is 0.158. The molecule has 5 heteroatoms. The highest BCUT2D eigenvalue weighted by molar-refractivity contribution is 7.13. The van der Waals surface area contributed by atoms with Crippen LogP contribution in [0.15, 0.2) is 66.0 Å². The molecular weight excluding hydrogens is 320 g/mol. The van der Waals surface area contributed by atoms with Crippen molar-refractivity contribution in [1.82, 2.24) is 4.90 Å². The van der Waals surface area contributed by atoms with Gasteiger partial charge in [-0.1, -0.05) is 65.9 Å².